The van der Waals surface area contributed by atoms with Gasteiger partial charge in [0.1, 0.15) is 23.1 Å². The van der Waals surface area contributed by atoms with E-state index in [1.54, 1.807) is 24.3 Å². The van der Waals surface area contributed by atoms with Crippen LogP contribution in [-0.4, -0.2) is 21.9 Å². The topological polar surface area (TPSA) is 117 Å². The molecule has 1 atom stereocenters. The number of phenols is 1. The number of nitrogens with one attached hydrogen (secondary N) is 1. The summed E-state index contributed by atoms with van der Waals surface area (Å²) >= 11 is 0. The van der Waals surface area contributed by atoms with Crippen molar-refractivity contribution in [1.82, 2.24) is 10.2 Å². The van der Waals surface area contributed by atoms with Crippen LogP contribution in [0.2, 0.25) is 0 Å². The summed E-state index contributed by atoms with van der Waals surface area (Å²) in [5, 5.41) is 26.6. The fourth-order valence-corrected chi connectivity index (χ4v) is 3.35. The largest absolute Gasteiger partial charge is 0.508 e. The highest BCUT2D eigenvalue weighted by Crippen LogP contribution is 2.45. The molecule has 0 unspecified atom stereocenters. The Balaban J connectivity index is 1.85. The molecule has 1 aromatic heterocycles. The van der Waals surface area contributed by atoms with Crippen LogP contribution in [0.1, 0.15) is 24.0 Å². The van der Waals surface area contributed by atoms with Gasteiger partial charge in [-0.25, -0.2) is 0 Å². The summed E-state index contributed by atoms with van der Waals surface area (Å²) in [6, 6.07) is 16.4. The Kier molecular flexibility index (Phi) is 4.38. The molecule has 7 heteroatoms. The second-order valence-corrected chi connectivity index (χ2v) is 6.29. The quantitative estimate of drug-likeness (QED) is 0.644. The molecule has 0 fully saturated rings. The first-order chi connectivity index (χ1) is 13.6. The summed E-state index contributed by atoms with van der Waals surface area (Å²) in [6.45, 7) is 2.52. The Hall–Kier alpha value is -3.92. The molecule has 0 saturated carbocycles. The maximum Gasteiger partial charge on any atom is 0.244 e. The number of benzene rings is 2. The molecule has 0 spiro atoms. The molecule has 7 nitrogen and oxygen atoms in total. The van der Waals surface area contributed by atoms with E-state index < -0.39 is 5.92 Å². The molecule has 2 heterocycles. The molecule has 1 aliphatic rings. The zero-order chi connectivity index (χ0) is 19.7. The number of nitrogens with zero attached hydrogens (tertiary/aromatic N) is 2. The van der Waals surface area contributed by atoms with Gasteiger partial charge in [-0.15, -0.1) is 5.10 Å². The Morgan fingerprint density at radius 1 is 1.21 bits per heavy atom. The number of nitrogens with two attached hydrogens (primary N) is 1. The number of aromatic hydroxyl groups is 1. The highest BCUT2D eigenvalue weighted by Gasteiger charge is 2.35. The molecule has 0 aliphatic carbocycles. The Bertz CT molecular complexity index is 1080. The third-order valence-electron chi connectivity index (χ3n) is 4.62. The fourth-order valence-electron chi connectivity index (χ4n) is 3.35. The molecule has 1 aliphatic heterocycles. The van der Waals surface area contributed by atoms with E-state index in [0.717, 1.165) is 28.1 Å². The summed E-state index contributed by atoms with van der Waals surface area (Å²) in [6.07, 6.45) is 0. The van der Waals surface area contributed by atoms with Crippen LogP contribution in [0.4, 0.5) is 0 Å². The minimum atomic E-state index is -0.463. The van der Waals surface area contributed by atoms with Crippen molar-refractivity contribution in [3.63, 3.8) is 0 Å². The number of allylic oxidation sites excluding steroid dienone is 1. The Labute approximate surface area is 161 Å². The van der Waals surface area contributed by atoms with Crippen molar-refractivity contribution in [3.8, 4) is 34.7 Å². The maximum absolute atomic E-state index is 9.70. The number of aromatic nitrogens is 2. The van der Waals surface area contributed by atoms with E-state index in [0.29, 0.717) is 18.1 Å². The van der Waals surface area contributed by atoms with E-state index in [1.807, 2.05) is 31.2 Å². The SMILES string of the molecule is CCOc1ccc(-c2[nH]nc3c2[C@@H](c2ccc(O)cc2)C(C#N)=C(N)O3)cc1. The molecule has 0 saturated heterocycles. The van der Waals surface area contributed by atoms with Gasteiger partial charge >= 0.3 is 0 Å². The van der Waals surface area contributed by atoms with Crippen LogP contribution in [0.15, 0.2) is 60.0 Å². The van der Waals surface area contributed by atoms with E-state index >= 15 is 0 Å². The molecule has 4 N–H and O–H groups in total. The van der Waals surface area contributed by atoms with Crippen LogP contribution in [0.3, 0.4) is 0 Å². The van der Waals surface area contributed by atoms with Crippen LogP contribution in [0.25, 0.3) is 11.3 Å². The number of fused-ring (bicyclic) bond motifs is 1. The molecule has 0 bridgehead atoms. The van der Waals surface area contributed by atoms with E-state index in [4.69, 9.17) is 15.2 Å². The lowest BCUT2D eigenvalue weighted by Crippen LogP contribution is -2.20. The number of nitriles is 1. The molecule has 4 rings (SSSR count). The van der Waals surface area contributed by atoms with Gasteiger partial charge in [0, 0.05) is 5.56 Å². The van der Waals surface area contributed by atoms with Crippen LogP contribution in [0.5, 0.6) is 17.4 Å². The van der Waals surface area contributed by atoms with E-state index in [1.165, 1.54) is 0 Å². The summed E-state index contributed by atoms with van der Waals surface area (Å²) in [4.78, 5) is 0. The number of hydrogen-bond donors (Lipinski definition) is 3. The number of H-pyrrole nitrogens is 1. The van der Waals surface area contributed by atoms with E-state index in [2.05, 4.69) is 16.3 Å². The van der Waals surface area contributed by atoms with E-state index in [-0.39, 0.29) is 11.6 Å². The molecule has 28 heavy (non-hydrogen) atoms. The summed E-state index contributed by atoms with van der Waals surface area (Å²) < 4.78 is 11.1. The van der Waals surface area contributed by atoms with Gasteiger partial charge in [-0.1, -0.05) is 12.1 Å². The van der Waals surface area contributed by atoms with Crippen molar-refractivity contribution in [3.05, 3.63) is 71.1 Å². The van der Waals surface area contributed by atoms with Crippen LogP contribution in [-0.2, 0) is 0 Å². The Morgan fingerprint density at radius 3 is 2.57 bits per heavy atom. The standard InChI is InChI=1S/C21H18N4O3/c1-2-27-15-9-5-13(6-10-15)19-18-17(12-3-7-14(26)8-4-12)16(11-22)20(23)28-21(18)25-24-19/h3-10,17,26H,2,23H2,1H3,(H,24,25)/t17-/m0/s1. The van der Waals surface area contributed by atoms with Gasteiger partial charge < -0.3 is 20.3 Å². The highest BCUT2D eigenvalue weighted by molar-refractivity contribution is 5.71. The molecule has 140 valence electrons. The molecule has 0 amide bonds. The number of aromatic amines is 1. The number of rotatable bonds is 4. The van der Waals surface area contributed by atoms with Crippen LogP contribution < -0.4 is 15.2 Å². The van der Waals surface area contributed by atoms with Crippen LogP contribution in [0, 0.1) is 11.3 Å². The van der Waals surface area contributed by atoms with Crippen molar-refractivity contribution in [1.29, 1.82) is 5.26 Å². The smallest absolute Gasteiger partial charge is 0.244 e. The first kappa shape index (κ1) is 17.5. The molecular formula is C21H18N4O3. The van der Waals surface area contributed by atoms with Gasteiger partial charge in [0.25, 0.3) is 0 Å². The zero-order valence-corrected chi connectivity index (χ0v) is 15.1. The van der Waals surface area contributed by atoms with Crippen LogP contribution >= 0.6 is 0 Å². The molecule has 0 radical (unpaired) electrons. The molecular weight excluding hydrogens is 356 g/mol. The lowest BCUT2D eigenvalue weighted by atomic mass is 9.83. The number of hydrogen-bond acceptors (Lipinski definition) is 6. The molecule has 3 aromatic rings. The first-order valence-corrected chi connectivity index (χ1v) is 8.80. The van der Waals surface area contributed by atoms with Gasteiger partial charge in [0.15, 0.2) is 0 Å². The monoisotopic (exact) mass is 374 g/mol. The number of ether oxygens (including phenoxy) is 2. The lowest BCUT2D eigenvalue weighted by Gasteiger charge is -2.24. The average Bonchev–Trinajstić information content (AvgIpc) is 3.12. The predicted octanol–water partition coefficient (Wildman–Crippen LogP) is 3.40. The van der Waals surface area contributed by atoms with Gasteiger partial charge in [-0.05, 0) is 48.9 Å². The van der Waals surface area contributed by atoms with E-state index in [9.17, 15) is 10.4 Å². The van der Waals surface area contributed by atoms with Gasteiger partial charge in [0.05, 0.1) is 23.8 Å². The fraction of sp³-hybridized carbons (Fsp3) is 0.143. The second kappa shape index (κ2) is 7.00. The summed E-state index contributed by atoms with van der Waals surface area (Å²) in [5.74, 6) is 0.809. The van der Waals surface area contributed by atoms with Gasteiger partial charge in [-0.3, -0.25) is 5.10 Å². The third-order valence-corrected chi connectivity index (χ3v) is 4.62. The minimum Gasteiger partial charge on any atom is -0.508 e. The van der Waals surface area contributed by atoms with Gasteiger partial charge in [-0.2, -0.15) is 5.26 Å². The van der Waals surface area contributed by atoms with Crippen molar-refractivity contribution in [2.24, 2.45) is 5.73 Å². The average molecular weight is 374 g/mol. The van der Waals surface area contributed by atoms with Crippen molar-refractivity contribution >= 4 is 0 Å². The highest BCUT2D eigenvalue weighted by atomic mass is 16.5. The molecule has 2 aromatic carbocycles. The third kappa shape index (κ3) is 2.91. The van der Waals surface area contributed by atoms with Crippen molar-refractivity contribution in [2.75, 3.05) is 6.61 Å². The number of phenolic OH excluding ortho intramolecular Hbond substituents is 1. The first-order valence-electron chi connectivity index (χ1n) is 8.80. The summed E-state index contributed by atoms with van der Waals surface area (Å²) in [7, 11) is 0. The van der Waals surface area contributed by atoms with Crippen molar-refractivity contribution < 1.29 is 14.6 Å². The summed E-state index contributed by atoms with van der Waals surface area (Å²) in [5.41, 5.74) is 9.41. The van der Waals surface area contributed by atoms with Crippen molar-refractivity contribution in [2.45, 2.75) is 12.8 Å². The minimum absolute atomic E-state index is 0.0258. The predicted molar refractivity (Wildman–Crippen MR) is 103 cm³/mol. The lowest BCUT2D eigenvalue weighted by molar-refractivity contribution is 0.340. The zero-order valence-electron chi connectivity index (χ0n) is 15.1. The normalized spacial score (nSPS) is 15.5. The Morgan fingerprint density at radius 2 is 1.93 bits per heavy atom. The second-order valence-electron chi connectivity index (χ2n) is 6.29. The van der Waals surface area contributed by atoms with Gasteiger partial charge in [0.2, 0.25) is 11.8 Å². The maximum atomic E-state index is 9.70.